The van der Waals surface area contributed by atoms with E-state index in [0.717, 1.165) is 5.56 Å². The number of nitrogens with one attached hydrogen (secondary N) is 2. The molecule has 0 bridgehead atoms. The lowest BCUT2D eigenvalue weighted by Crippen LogP contribution is -2.28. The van der Waals surface area contributed by atoms with Crippen molar-refractivity contribution in [3.63, 3.8) is 0 Å². The zero-order valence-electron chi connectivity index (χ0n) is 16.7. The molecule has 3 aromatic rings. The number of hydrogen-bond donors (Lipinski definition) is 2. The minimum atomic E-state index is -0.749. The van der Waals surface area contributed by atoms with Gasteiger partial charge in [-0.1, -0.05) is 18.2 Å². The second-order valence-corrected chi connectivity index (χ2v) is 6.64. The second-order valence-electron chi connectivity index (χ2n) is 6.64. The van der Waals surface area contributed by atoms with Gasteiger partial charge in [-0.15, -0.1) is 5.10 Å². The molecule has 2 N–H and O–H groups in total. The lowest BCUT2D eigenvalue weighted by Gasteiger charge is -2.11. The molecule has 32 heavy (non-hydrogen) atoms. The van der Waals surface area contributed by atoms with Crippen molar-refractivity contribution in [3.8, 4) is 11.5 Å². The Balaban J connectivity index is 1.28. The summed E-state index contributed by atoms with van der Waals surface area (Å²) in [7, 11) is 0. The van der Waals surface area contributed by atoms with Crippen LogP contribution >= 0.6 is 0 Å². The standard InChI is InChI=1S/C20H18N6O6/c27-18(9-26-11-22-24-25-26)23-15-4-2-1-3-14(15)20(29)30-10-19(28)21-8-13-5-6-16-17(7-13)32-12-31-16/h1-7,11H,8-10,12H2,(H,21,28)(H,23,27). The Labute approximate surface area is 181 Å². The number of amides is 2. The first-order chi connectivity index (χ1) is 15.6. The molecule has 1 aromatic heterocycles. The third-order valence-corrected chi connectivity index (χ3v) is 4.38. The van der Waals surface area contributed by atoms with Gasteiger partial charge in [0.1, 0.15) is 12.9 Å². The van der Waals surface area contributed by atoms with E-state index in [1.165, 1.54) is 17.1 Å². The van der Waals surface area contributed by atoms with Gasteiger partial charge in [0.2, 0.25) is 12.7 Å². The number of carbonyl (C=O) groups is 3. The summed E-state index contributed by atoms with van der Waals surface area (Å²) in [4.78, 5) is 36.7. The van der Waals surface area contributed by atoms with Gasteiger partial charge in [0.05, 0.1) is 11.3 Å². The molecule has 2 amide bonds. The van der Waals surface area contributed by atoms with E-state index < -0.39 is 24.4 Å². The molecular formula is C20H18N6O6. The second kappa shape index (κ2) is 9.55. The number of aromatic nitrogens is 4. The number of rotatable bonds is 8. The summed E-state index contributed by atoms with van der Waals surface area (Å²) in [5, 5.41) is 15.8. The maximum atomic E-state index is 12.4. The minimum Gasteiger partial charge on any atom is -0.454 e. The molecule has 0 atom stereocenters. The lowest BCUT2D eigenvalue weighted by atomic mass is 10.2. The number of anilines is 1. The SMILES string of the molecule is O=C(COC(=O)c1ccccc1NC(=O)Cn1cnnn1)NCc1ccc2c(c1)OCO2. The van der Waals surface area contributed by atoms with Crippen LogP contribution in [0.25, 0.3) is 0 Å². The fourth-order valence-electron chi connectivity index (χ4n) is 2.87. The highest BCUT2D eigenvalue weighted by molar-refractivity contribution is 6.01. The van der Waals surface area contributed by atoms with E-state index in [1.54, 1.807) is 36.4 Å². The van der Waals surface area contributed by atoms with Gasteiger partial charge in [-0.05, 0) is 40.3 Å². The van der Waals surface area contributed by atoms with Crippen LogP contribution in [0.3, 0.4) is 0 Å². The first-order valence-corrected chi connectivity index (χ1v) is 9.50. The maximum Gasteiger partial charge on any atom is 0.340 e. The summed E-state index contributed by atoms with van der Waals surface area (Å²) < 4.78 is 16.9. The molecule has 1 aliphatic heterocycles. The molecule has 12 heteroatoms. The zero-order valence-corrected chi connectivity index (χ0v) is 16.7. The van der Waals surface area contributed by atoms with Gasteiger partial charge < -0.3 is 24.8 Å². The molecule has 0 aliphatic carbocycles. The fraction of sp³-hybridized carbons (Fsp3) is 0.200. The lowest BCUT2D eigenvalue weighted by molar-refractivity contribution is -0.124. The first-order valence-electron chi connectivity index (χ1n) is 9.50. The van der Waals surface area contributed by atoms with Crippen LogP contribution in [0.4, 0.5) is 5.69 Å². The maximum absolute atomic E-state index is 12.4. The average molecular weight is 438 g/mol. The normalized spacial score (nSPS) is 11.6. The number of para-hydroxylation sites is 1. The Kier molecular flexibility index (Phi) is 6.20. The highest BCUT2D eigenvalue weighted by Crippen LogP contribution is 2.32. The monoisotopic (exact) mass is 438 g/mol. The van der Waals surface area contributed by atoms with Gasteiger partial charge in [0.15, 0.2) is 18.1 Å². The third kappa shape index (κ3) is 5.16. The molecule has 164 valence electrons. The summed E-state index contributed by atoms with van der Waals surface area (Å²) in [6, 6.07) is 11.6. The van der Waals surface area contributed by atoms with Gasteiger partial charge in [0.25, 0.3) is 5.91 Å². The van der Waals surface area contributed by atoms with E-state index in [0.29, 0.717) is 11.5 Å². The van der Waals surface area contributed by atoms with Crippen molar-refractivity contribution in [2.24, 2.45) is 0 Å². The number of carbonyl (C=O) groups excluding carboxylic acids is 3. The van der Waals surface area contributed by atoms with Crippen molar-refractivity contribution < 1.29 is 28.6 Å². The van der Waals surface area contributed by atoms with Crippen LogP contribution in [-0.2, 0) is 27.4 Å². The topological polar surface area (TPSA) is 147 Å². The zero-order chi connectivity index (χ0) is 22.3. The van der Waals surface area contributed by atoms with Crippen LogP contribution in [0.5, 0.6) is 11.5 Å². The Morgan fingerprint density at radius 2 is 1.91 bits per heavy atom. The summed E-state index contributed by atoms with van der Waals surface area (Å²) in [5.41, 5.74) is 1.17. The predicted octanol–water partition coefficient (Wildman–Crippen LogP) is 0.514. The number of tetrazole rings is 1. The van der Waals surface area contributed by atoms with Gasteiger partial charge in [-0.25, -0.2) is 9.48 Å². The molecule has 2 heterocycles. The van der Waals surface area contributed by atoms with Crippen LogP contribution < -0.4 is 20.1 Å². The van der Waals surface area contributed by atoms with Gasteiger partial charge >= 0.3 is 5.97 Å². The van der Waals surface area contributed by atoms with Crippen molar-refractivity contribution in [3.05, 3.63) is 59.9 Å². The molecule has 2 aromatic carbocycles. The minimum absolute atomic E-state index is 0.112. The van der Waals surface area contributed by atoms with E-state index in [1.807, 2.05) is 0 Å². The first kappa shape index (κ1) is 20.8. The molecular weight excluding hydrogens is 420 g/mol. The van der Waals surface area contributed by atoms with Crippen molar-refractivity contribution in [2.75, 3.05) is 18.7 Å². The van der Waals surface area contributed by atoms with Crippen molar-refractivity contribution in [1.82, 2.24) is 25.5 Å². The number of esters is 1. The smallest absolute Gasteiger partial charge is 0.340 e. The average Bonchev–Trinajstić information content (AvgIpc) is 3.47. The molecule has 0 fully saturated rings. The third-order valence-electron chi connectivity index (χ3n) is 4.38. The van der Waals surface area contributed by atoms with Crippen LogP contribution in [0.2, 0.25) is 0 Å². The molecule has 0 unspecified atom stereocenters. The summed E-state index contributed by atoms with van der Waals surface area (Å²) in [6.45, 7) is -0.202. The molecule has 4 rings (SSSR count). The van der Waals surface area contributed by atoms with Crippen LogP contribution in [0.15, 0.2) is 48.8 Å². The number of nitrogens with zero attached hydrogens (tertiary/aromatic N) is 4. The van der Waals surface area contributed by atoms with E-state index in [2.05, 4.69) is 26.2 Å². The van der Waals surface area contributed by atoms with Gasteiger partial charge in [-0.2, -0.15) is 0 Å². The molecule has 1 aliphatic rings. The molecule has 0 spiro atoms. The Bertz CT molecular complexity index is 1130. The van der Waals surface area contributed by atoms with Crippen molar-refractivity contribution in [1.29, 1.82) is 0 Å². The summed E-state index contributed by atoms with van der Waals surface area (Å²) >= 11 is 0. The van der Waals surface area contributed by atoms with Gasteiger partial charge in [-0.3, -0.25) is 9.59 Å². The van der Waals surface area contributed by atoms with E-state index in [-0.39, 0.29) is 31.1 Å². The van der Waals surface area contributed by atoms with Gasteiger partial charge in [0, 0.05) is 6.54 Å². The van der Waals surface area contributed by atoms with Crippen LogP contribution in [-0.4, -0.2) is 51.4 Å². The Morgan fingerprint density at radius 3 is 2.75 bits per heavy atom. The number of hydrogen-bond acceptors (Lipinski definition) is 9. The highest BCUT2D eigenvalue weighted by atomic mass is 16.7. The Morgan fingerprint density at radius 1 is 1.06 bits per heavy atom. The molecule has 0 radical (unpaired) electrons. The largest absolute Gasteiger partial charge is 0.454 e. The number of benzene rings is 2. The quantitative estimate of drug-likeness (QED) is 0.480. The van der Waals surface area contributed by atoms with Crippen LogP contribution in [0.1, 0.15) is 15.9 Å². The Hall–Kier alpha value is -4.48. The molecule has 0 saturated carbocycles. The highest BCUT2D eigenvalue weighted by Gasteiger charge is 2.17. The van der Waals surface area contributed by atoms with Crippen molar-refractivity contribution in [2.45, 2.75) is 13.1 Å². The number of ether oxygens (including phenoxy) is 3. The fourth-order valence-corrected chi connectivity index (χ4v) is 2.87. The predicted molar refractivity (Wildman–Crippen MR) is 108 cm³/mol. The van der Waals surface area contributed by atoms with E-state index in [9.17, 15) is 14.4 Å². The summed E-state index contributed by atoms with van der Waals surface area (Å²) in [6.07, 6.45) is 1.29. The molecule has 0 saturated heterocycles. The van der Waals surface area contributed by atoms with Crippen molar-refractivity contribution >= 4 is 23.5 Å². The molecule has 12 nitrogen and oxygen atoms in total. The number of fused-ring (bicyclic) bond motifs is 1. The summed E-state index contributed by atoms with van der Waals surface area (Å²) in [5.74, 6) is -0.392. The van der Waals surface area contributed by atoms with Crippen LogP contribution in [0, 0.1) is 0 Å². The van der Waals surface area contributed by atoms with E-state index in [4.69, 9.17) is 14.2 Å². The van der Waals surface area contributed by atoms with E-state index >= 15 is 0 Å².